The molecule has 0 aromatic heterocycles. The molecular formula is C17H13F3S. The zero-order valence-corrected chi connectivity index (χ0v) is 11.9. The number of thioether (sulfide) groups is 1. The molecule has 0 amide bonds. The Kier molecular flexibility index (Phi) is 4.98. The van der Waals surface area contributed by atoms with Gasteiger partial charge in [0, 0.05) is 5.92 Å². The Morgan fingerprint density at radius 3 is 1.62 bits per heavy atom. The molecule has 21 heavy (non-hydrogen) atoms. The molecule has 2 rings (SSSR count). The highest BCUT2D eigenvalue weighted by Gasteiger charge is 2.37. The summed E-state index contributed by atoms with van der Waals surface area (Å²) < 4.78 is 38.3. The molecule has 0 unspecified atom stereocenters. The van der Waals surface area contributed by atoms with Crippen LogP contribution in [0, 0.1) is 12.3 Å². The average molecular weight is 306 g/mol. The minimum absolute atomic E-state index is 0.136. The van der Waals surface area contributed by atoms with Crippen LogP contribution in [-0.2, 0) is 0 Å². The quantitative estimate of drug-likeness (QED) is 0.710. The molecule has 0 N–H and O–H groups in total. The van der Waals surface area contributed by atoms with E-state index in [0.29, 0.717) is 0 Å². The van der Waals surface area contributed by atoms with Crippen LogP contribution in [0.5, 0.6) is 0 Å². The fourth-order valence-electron chi connectivity index (χ4n) is 2.21. The Labute approximate surface area is 126 Å². The summed E-state index contributed by atoms with van der Waals surface area (Å²) >= 11 is -0.136. The standard InChI is InChI=1S/C17H13F3S/c1-2-15(21-17(18,19)20)16(13-9-5-3-6-10-13)14-11-7-4-8-12-14/h1,3-12,15-16H/t15-/m1/s1. The van der Waals surface area contributed by atoms with Crippen LogP contribution in [0.2, 0.25) is 0 Å². The largest absolute Gasteiger partial charge is 0.443 e. The lowest BCUT2D eigenvalue weighted by atomic mass is 9.88. The third kappa shape index (κ3) is 4.30. The van der Waals surface area contributed by atoms with Gasteiger partial charge in [-0.2, -0.15) is 13.2 Å². The lowest BCUT2D eigenvalue weighted by Gasteiger charge is -2.24. The molecule has 0 heterocycles. The summed E-state index contributed by atoms with van der Waals surface area (Å²) in [7, 11) is 0. The van der Waals surface area contributed by atoms with Gasteiger partial charge in [-0.15, -0.1) is 6.42 Å². The van der Waals surface area contributed by atoms with Crippen LogP contribution in [0.25, 0.3) is 0 Å². The van der Waals surface area contributed by atoms with Crippen molar-refractivity contribution in [2.24, 2.45) is 0 Å². The third-order valence-electron chi connectivity index (χ3n) is 3.04. The van der Waals surface area contributed by atoms with Crippen LogP contribution in [0.1, 0.15) is 17.0 Å². The van der Waals surface area contributed by atoms with Gasteiger partial charge in [-0.1, -0.05) is 66.6 Å². The van der Waals surface area contributed by atoms with E-state index in [4.69, 9.17) is 6.42 Å². The summed E-state index contributed by atoms with van der Waals surface area (Å²) in [5.41, 5.74) is -2.80. The molecule has 0 aliphatic rings. The summed E-state index contributed by atoms with van der Waals surface area (Å²) in [4.78, 5) is 0. The monoisotopic (exact) mass is 306 g/mol. The Bertz CT molecular complexity index is 560. The molecule has 0 spiro atoms. The van der Waals surface area contributed by atoms with Crippen LogP contribution in [0.4, 0.5) is 13.2 Å². The Hall–Kier alpha value is -1.86. The first-order chi connectivity index (χ1) is 10.0. The van der Waals surface area contributed by atoms with Gasteiger partial charge in [0.05, 0.1) is 5.25 Å². The van der Waals surface area contributed by atoms with Gasteiger partial charge in [0.2, 0.25) is 0 Å². The van der Waals surface area contributed by atoms with Crippen LogP contribution in [0.3, 0.4) is 0 Å². The third-order valence-corrected chi connectivity index (χ3v) is 3.97. The number of rotatable bonds is 4. The molecule has 0 bridgehead atoms. The second-order valence-corrected chi connectivity index (χ2v) is 5.66. The fourth-order valence-corrected chi connectivity index (χ4v) is 3.01. The van der Waals surface area contributed by atoms with Gasteiger partial charge >= 0.3 is 5.51 Å². The maximum Gasteiger partial charge on any atom is 0.443 e. The van der Waals surface area contributed by atoms with E-state index in [1.807, 2.05) is 12.1 Å². The molecular weight excluding hydrogens is 293 g/mol. The topological polar surface area (TPSA) is 0 Å². The number of terminal acetylenes is 1. The SMILES string of the molecule is C#C[C@@H](SC(F)(F)F)C(c1ccccc1)c1ccccc1. The maximum absolute atomic E-state index is 12.8. The van der Waals surface area contributed by atoms with Crippen molar-refractivity contribution in [3.05, 3.63) is 71.8 Å². The highest BCUT2D eigenvalue weighted by Crippen LogP contribution is 2.42. The maximum atomic E-state index is 12.8. The molecule has 0 aliphatic heterocycles. The van der Waals surface area contributed by atoms with Crippen LogP contribution in [-0.4, -0.2) is 10.8 Å². The second kappa shape index (κ2) is 6.73. The number of hydrogen-bond donors (Lipinski definition) is 0. The molecule has 0 nitrogen and oxygen atoms in total. The summed E-state index contributed by atoms with van der Waals surface area (Å²) in [6.07, 6.45) is 5.38. The number of benzene rings is 2. The summed E-state index contributed by atoms with van der Waals surface area (Å²) in [5, 5.41) is -1.00. The van der Waals surface area contributed by atoms with E-state index in [1.54, 1.807) is 48.5 Å². The Morgan fingerprint density at radius 1 is 0.857 bits per heavy atom. The van der Waals surface area contributed by atoms with E-state index in [9.17, 15) is 13.2 Å². The minimum atomic E-state index is -4.36. The molecule has 0 fully saturated rings. The van der Waals surface area contributed by atoms with E-state index in [-0.39, 0.29) is 11.8 Å². The van der Waals surface area contributed by atoms with Crippen LogP contribution in [0.15, 0.2) is 60.7 Å². The number of alkyl halides is 3. The van der Waals surface area contributed by atoms with E-state index in [2.05, 4.69) is 5.92 Å². The van der Waals surface area contributed by atoms with Crippen molar-refractivity contribution in [3.63, 3.8) is 0 Å². The van der Waals surface area contributed by atoms with Crippen LogP contribution < -0.4 is 0 Å². The Morgan fingerprint density at radius 2 is 1.29 bits per heavy atom. The van der Waals surface area contributed by atoms with E-state index >= 15 is 0 Å². The molecule has 108 valence electrons. The van der Waals surface area contributed by atoms with Gasteiger partial charge in [0.25, 0.3) is 0 Å². The van der Waals surface area contributed by atoms with Crippen molar-refractivity contribution < 1.29 is 13.2 Å². The molecule has 0 saturated heterocycles. The fraction of sp³-hybridized carbons (Fsp3) is 0.176. The van der Waals surface area contributed by atoms with Crippen molar-refractivity contribution in [1.82, 2.24) is 0 Å². The normalized spacial score (nSPS) is 12.9. The average Bonchev–Trinajstić information content (AvgIpc) is 2.47. The molecule has 2 aromatic carbocycles. The first-order valence-corrected chi connectivity index (χ1v) is 7.20. The van der Waals surface area contributed by atoms with Crippen molar-refractivity contribution in [2.75, 3.05) is 0 Å². The first-order valence-electron chi connectivity index (χ1n) is 6.32. The van der Waals surface area contributed by atoms with Gasteiger partial charge in [-0.3, -0.25) is 0 Å². The molecule has 4 heteroatoms. The van der Waals surface area contributed by atoms with Gasteiger partial charge < -0.3 is 0 Å². The molecule has 0 radical (unpaired) electrons. The number of hydrogen-bond acceptors (Lipinski definition) is 1. The predicted octanol–water partition coefficient (Wildman–Crippen LogP) is 5.07. The minimum Gasteiger partial charge on any atom is -0.160 e. The van der Waals surface area contributed by atoms with E-state index in [0.717, 1.165) is 11.1 Å². The van der Waals surface area contributed by atoms with Crippen molar-refractivity contribution in [2.45, 2.75) is 16.7 Å². The zero-order valence-electron chi connectivity index (χ0n) is 11.0. The van der Waals surface area contributed by atoms with Crippen molar-refractivity contribution in [3.8, 4) is 12.3 Å². The van der Waals surface area contributed by atoms with Crippen molar-refractivity contribution in [1.29, 1.82) is 0 Å². The predicted molar refractivity (Wildman–Crippen MR) is 81.0 cm³/mol. The Balaban J connectivity index is 2.44. The van der Waals surface area contributed by atoms with Gasteiger partial charge in [0.15, 0.2) is 0 Å². The van der Waals surface area contributed by atoms with Gasteiger partial charge in [-0.25, -0.2) is 0 Å². The molecule has 1 atom stereocenters. The van der Waals surface area contributed by atoms with E-state index < -0.39 is 16.7 Å². The lowest BCUT2D eigenvalue weighted by Crippen LogP contribution is -2.19. The van der Waals surface area contributed by atoms with Gasteiger partial charge in [-0.05, 0) is 22.9 Å². The van der Waals surface area contributed by atoms with Crippen molar-refractivity contribution >= 4 is 11.8 Å². The van der Waals surface area contributed by atoms with Gasteiger partial charge in [0.1, 0.15) is 0 Å². The summed E-state index contributed by atoms with van der Waals surface area (Å²) in [6.45, 7) is 0. The summed E-state index contributed by atoms with van der Waals surface area (Å²) in [5.74, 6) is 1.80. The molecule has 0 saturated carbocycles. The molecule has 2 aromatic rings. The lowest BCUT2D eigenvalue weighted by molar-refractivity contribution is -0.0331. The summed E-state index contributed by atoms with van der Waals surface area (Å²) in [6, 6.07) is 18.1. The van der Waals surface area contributed by atoms with Crippen LogP contribution >= 0.6 is 11.8 Å². The highest BCUT2D eigenvalue weighted by molar-refractivity contribution is 8.01. The second-order valence-electron chi connectivity index (χ2n) is 4.45. The first kappa shape index (κ1) is 15.5. The number of halogens is 3. The molecule has 0 aliphatic carbocycles. The smallest absolute Gasteiger partial charge is 0.160 e. The van der Waals surface area contributed by atoms with E-state index in [1.165, 1.54) is 0 Å². The highest BCUT2D eigenvalue weighted by atomic mass is 32.2. The zero-order chi connectivity index (χ0) is 15.3.